The van der Waals surface area contributed by atoms with Crippen LogP contribution in [-0.2, 0) is 16.0 Å². The summed E-state index contributed by atoms with van der Waals surface area (Å²) in [7, 11) is 3.89. The summed E-state index contributed by atoms with van der Waals surface area (Å²) in [6, 6.07) is 19.8. The van der Waals surface area contributed by atoms with E-state index in [0.717, 1.165) is 33.6 Å². The number of hydrogen-bond donors (Lipinski definition) is 1. The molecule has 2 aliphatic rings. The second kappa shape index (κ2) is 8.49. The molecule has 180 valence electrons. The molecule has 1 fully saturated rings. The summed E-state index contributed by atoms with van der Waals surface area (Å²) in [5.41, 5.74) is 3.94. The molecule has 0 aliphatic carbocycles. The zero-order valence-electron chi connectivity index (χ0n) is 19.8. The van der Waals surface area contributed by atoms with Crippen LogP contribution in [0.3, 0.4) is 0 Å². The molecule has 3 aromatic carbocycles. The van der Waals surface area contributed by atoms with E-state index in [1.54, 1.807) is 12.1 Å². The number of carbonyl (C=O) groups excluding carboxylic acids is 2. The van der Waals surface area contributed by atoms with Crippen LogP contribution in [0.15, 0.2) is 72.3 Å². The second-order valence-electron chi connectivity index (χ2n) is 9.04. The molecule has 1 saturated heterocycles. The molecule has 6 rings (SSSR count). The second-order valence-corrected chi connectivity index (χ2v) is 10.0. The van der Waals surface area contributed by atoms with Gasteiger partial charge in [-0.05, 0) is 53.6 Å². The lowest BCUT2D eigenvalue weighted by Crippen LogP contribution is -2.29. The van der Waals surface area contributed by atoms with Crippen molar-refractivity contribution in [3.05, 3.63) is 89.0 Å². The Kier molecular flexibility index (Phi) is 5.26. The van der Waals surface area contributed by atoms with Gasteiger partial charge in [-0.1, -0.05) is 35.6 Å². The number of amides is 1. The molecule has 3 heterocycles. The lowest BCUT2D eigenvalue weighted by molar-refractivity contribution is -0.132. The fraction of sp³-hybridized carbons (Fsp3) is 0.179. The molecule has 1 amide bonds. The van der Waals surface area contributed by atoms with Crippen molar-refractivity contribution < 1.29 is 19.4 Å². The van der Waals surface area contributed by atoms with Gasteiger partial charge in [-0.15, -0.1) is 0 Å². The smallest absolute Gasteiger partial charge is 0.301 e. The van der Waals surface area contributed by atoms with Crippen molar-refractivity contribution in [3.63, 3.8) is 0 Å². The third-order valence-electron chi connectivity index (χ3n) is 6.62. The number of thiazole rings is 1. The zero-order valence-corrected chi connectivity index (χ0v) is 20.6. The summed E-state index contributed by atoms with van der Waals surface area (Å²) in [6.45, 7) is 0.583. The topological polar surface area (TPSA) is 83.0 Å². The Morgan fingerprint density at radius 1 is 1.08 bits per heavy atom. The first-order valence-electron chi connectivity index (χ1n) is 11.6. The molecule has 8 heteroatoms. The van der Waals surface area contributed by atoms with Gasteiger partial charge in [-0.3, -0.25) is 14.5 Å². The maximum atomic E-state index is 13.4. The van der Waals surface area contributed by atoms with Crippen LogP contribution >= 0.6 is 11.3 Å². The molecule has 0 radical (unpaired) electrons. The molecular formula is C28H23N3O4S. The molecule has 0 bridgehead atoms. The van der Waals surface area contributed by atoms with Crippen LogP contribution in [0.4, 0.5) is 10.8 Å². The fourth-order valence-corrected chi connectivity index (χ4v) is 5.74. The van der Waals surface area contributed by atoms with E-state index in [2.05, 4.69) is 4.98 Å². The number of nitrogens with zero attached hydrogens (tertiary/aromatic N) is 3. The molecule has 1 atom stereocenters. The number of carbonyl (C=O) groups is 2. The molecule has 7 nitrogen and oxygen atoms in total. The van der Waals surface area contributed by atoms with Crippen molar-refractivity contribution in [1.82, 2.24) is 4.98 Å². The summed E-state index contributed by atoms with van der Waals surface area (Å²) in [5.74, 6) is -0.863. The van der Waals surface area contributed by atoms with Gasteiger partial charge in [0.05, 0.1) is 28.4 Å². The molecule has 0 spiro atoms. The monoisotopic (exact) mass is 497 g/mol. The predicted octanol–water partition coefficient (Wildman–Crippen LogP) is 4.92. The summed E-state index contributed by atoms with van der Waals surface area (Å²) in [4.78, 5) is 34.9. The summed E-state index contributed by atoms with van der Waals surface area (Å²) >= 11 is 1.35. The number of benzene rings is 3. The van der Waals surface area contributed by atoms with E-state index in [-0.39, 0.29) is 11.3 Å². The fourth-order valence-electron chi connectivity index (χ4n) is 4.75. The van der Waals surface area contributed by atoms with E-state index in [0.29, 0.717) is 22.9 Å². The summed E-state index contributed by atoms with van der Waals surface area (Å²) < 4.78 is 6.50. The van der Waals surface area contributed by atoms with Gasteiger partial charge in [-0.2, -0.15) is 0 Å². The Bertz CT molecular complexity index is 1520. The standard InChI is InChI=1S/C28H23N3O4S/c1-30(2)19-10-7-16(8-11-19)24-23(25(32)18-9-12-21-17(15-18)13-14-35-21)26(33)27(34)31(24)28-29-20-5-3-4-6-22(20)36-28/h3-12,15,24,32H,13-14H2,1-2H3/b25-23+. The third-order valence-corrected chi connectivity index (χ3v) is 7.66. The number of aliphatic hydroxyl groups excluding tert-OH is 1. The highest BCUT2D eigenvalue weighted by Gasteiger charge is 2.48. The highest BCUT2D eigenvalue weighted by Crippen LogP contribution is 2.45. The van der Waals surface area contributed by atoms with Crippen molar-refractivity contribution in [1.29, 1.82) is 0 Å². The van der Waals surface area contributed by atoms with Gasteiger partial charge in [0, 0.05) is 31.8 Å². The number of ketones is 1. The number of anilines is 2. The van der Waals surface area contributed by atoms with Crippen LogP contribution in [0.1, 0.15) is 22.7 Å². The lowest BCUT2D eigenvalue weighted by atomic mass is 9.94. The minimum atomic E-state index is -0.814. The predicted molar refractivity (Wildman–Crippen MR) is 141 cm³/mol. The Balaban J connectivity index is 1.54. The van der Waals surface area contributed by atoms with Crippen molar-refractivity contribution in [3.8, 4) is 5.75 Å². The van der Waals surface area contributed by atoms with Gasteiger partial charge in [0.25, 0.3) is 5.78 Å². The van der Waals surface area contributed by atoms with Crippen molar-refractivity contribution in [2.24, 2.45) is 0 Å². The number of aliphatic hydroxyl groups is 1. The average molecular weight is 498 g/mol. The van der Waals surface area contributed by atoms with Gasteiger partial charge in [0.15, 0.2) is 5.13 Å². The first-order valence-corrected chi connectivity index (χ1v) is 12.4. The minimum Gasteiger partial charge on any atom is -0.507 e. The Hall–Kier alpha value is -4.17. The normalized spacial score (nSPS) is 18.5. The number of rotatable bonds is 4. The first kappa shape index (κ1) is 22.3. The van der Waals surface area contributed by atoms with Crippen LogP contribution < -0.4 is 14.5 Å². The molecule has 2 aliphatic heterocycles. The highest BCUT2D eigenvalue weighted by molar-refractivity contribution is 7.22. The van der Waals surface area contributed by atoms with Gasteiger partial charge < -0.3 is 14.7 Å². The number of aromatic nitrogens is 1. The Morgan fingerprint density at radius 3 is 2.61 bits per heavy atom. The van der Waals surface area contributed by atoms with Crippen molar-refractivity contribution in [2.45, 2.75) is 12.5 Å². The van der Waals surface area contributed by atoms with E-state index in [4.69, 9.17) is 4.74 Å². The largest absolute Gasteiger partial charge is 0.507 e. The molecule has 36 heavy (non-hydrogen) atoms. The minimum absolute atomic E-state index is 0.0516. The quantitative estimate of drug-likeness (QED) is 0.245. The number of Topliss-reactive ketones (excluding diaryl/α,β-unsaturated/α-hetero) is 1. The first-order chi connectivity index (χ1) is 17.4. The van der Waals surface area contributed by atoms with Crippen molar-refractivity contribution in [2.75, 3.05) is 30.5 Å². The molecule has 1 N–H and O–H groups in total. The van der Waals surface area contributed by atoms with Crippen LogP contribution in [0, 0.1) is 0 Å². The summed E-state index contributed by atoms with van der Waals surface area (Å²) in [6.07, 6.45) is 0.728. The maximum absolute atomic E-state index is 13.4. The van der Waals surface area contributed by atoms with Crippen LogP contribution in [0.25, 0.3) is 16.0 Å². The lowest BCUT2D eigenvalue weighted by Gasteiger charge is -2.23. The third kappa shape index (κ3) is 3.53. The number of fused-ring (bicyclic) bond motifs is 2. The van der Waals surface area contributed by atoms with E-state index in [1.807, 2.05) is 73.6 Å². The highest BCUT2D eigenvalue weighted by atomic mass is 32.1. The number of hydrogen-bond acceptors (Lipinski definition) is 7. The van der Waals surface area contributed by atoms with Crippen molar-refractivity contribution >= 4 is 49.8 Å². The molecule has 1 aromatic heterocycles. The van der Waals surface area contributed by atoms with E-state index in [9.17, 15) is 14.7 Å². The maximum Gasteiger partial charge on any atom is 0.301 e. The van der Waals surface area contributed by atoms with Crippen LogP contribution in [-0.4, -0.2) is 42.5 Å². The summed E-state index contributed by atoms with van der Waals surface area (Å²) in [5, 5.41) is 11.9. The Labute approximate surface area is 211 Å². The van der Waals surface area contributed by atoms with Crippen LogP contribution in [0.2, 0.25) is 0 Å². The average Bonchev–Trinajstić information content (AvgIpc) is 3.59. The Morgan fingerprint density at radius 2 is 1.86 bits per heavy atom. The molecule has 0 saturated carbocycles. The molecule has 4 aromatic rings. The van der Waals surface area contributed by atoms with E-state index in [1.165, 1.54) is 16.2 Å². The molecular weight excluding hydrogens is 474 g/mol. The number of ether oxygens (including phenoxy) is 1. The molecule has 1 unspecified atom stereocenters. The van der Waals surface area contributed by atoms with E-state index >= 15 is 0 Å². The van der Waals surface area contributed by atoms with Gasteiger partial charge >= 0.3 is 5.91 Å². The zero-order chi connectivity index (χ0) is 25.0. The van der Waals surface area contributed by atoms with Gasteiger partial charge in [0.2, 0.25) is 0 Å². The van der Waals surface area contributed by atoms with E-state index < -0.39 is 17.7 Å². The van der Waals surface area contributed by atoms with Gasteiger partial charge in [0.1, 0.15) is 11.5 Å². The number of para-hydroxylation sites is 1. The van der Waals surface area contributed by atoms with Crippen LogP contribution in [0.5, 0.6) is 5.75 Å². The SMILES string of the molecule is CN(C)c1ccc(C2/C(=C(\O)c3ccc4c(c3)CCO4)C(=O)C(=O)N2c2nc3ccccc3s2)cc1. The van der Waals surface area contributed by atoms with Gasteiger partial charge in [-0.25, -0.2) is 4.98 Å².